The predicted molar refractivity (Wildman–Crippen MR) is 95.9 cm³/mol. The van der Waals surface area contributed by atoms with Gasteiger partial charge in [0.1, 0.15) is 0 Å². The van der Waals surface area contributed by atoms with Crippen LogP contribution in [0.2, 0.25) is 0 Å². The first-order valence-electron chi connectivity index (χ1n) is 7.19. The maximum atomic E-state index is 5.29. The third-order valence-electron chi connectivity index (χ3n) is 3.35. The number of benzene rings is 2. The van der Waals surface area contributed by atoms with Crippen LogP contribution in [0.25, 0.3) is 23.5 Å². The van der Waals surface area contributed by atoms with Crippen molar-refractivity contribution in [3.05, 3.63) is 58.4 Å². The van der Waals surface area contributed by atoms with Crippen molar-refractivity contribution in [2.75, 3.05) is 14.2 Å². The smallest absolute Gasteiger partial charge is 0.250 e. The van der Waals surface area contributed by atoms with Gasteiger partial charge in [-0.25, -0.2) is 0 Å². The van der Waals surface area contributed by atoms with Gasteiger partial charge in [0.2, 0.25) is 5.82 Å². The van der Waals surface area contributed by atoms with E-state index in [9.17, 15) is 0 Å². The van der Waals surface area contributed by atoms with Crippen LogP contribution < -0.4 is 9.47 Å². The monoisotopic (exact) mass is 386 g/mol. The first kappa shape index (κ1) is 16.3. The molecule has 1 heterocycles. The lowest BCUT2D eigenvalue weighted by molar-refractivity contribution is 0.355. The molecule has 122 valence electrons. The molecule has 0 aliphatic rings. The summed E-state index contributed by atoms with van der Waals surface area (Å²) >= 11 is 3.43. The molecule has 0 N–H and O–H groups in total. The van der Waals surface area contributed by atoms with Crippen LogP contribution >= 0.6 is 15.9 Å². The number of rotatable bonds is 5. The van der Waals surface area contributed by atoms with Crippen LogP contribution in [-0.2, 0) is 0 Å². The van der Waals surface area contributed by atoms with E-state index in [1.54, 1.807) is 20.3 Å². The minimum atomic E-state index is 0.430. The van der Waals surface area contributed by atoms with Gasteiger partial charge in [-0.2, -0.15) is 4.98 Å². The summed E-state index contributed by atoms with van der Waals surface area (Å²) < 4.78 is 16.7. The topological polar surface area (TPSA) is 57.4 Å². The van der Waals surface area contributed by atoms with Gasteiger partial charge in [0.25, 0.3) is 5.89 Å². The second-order valence-electron chi connectivity index (χ2n) is 4.91. The second-order valence-corrected chi connectivity index (χ2v) is 5.83. The number of hydrogen-bond donors (Lipinski definition) is 0. The molecule has 0 aliphatic heterocycles. The van der Waals surface area contributed by atoms with Gasteiger partial charge >= 0.3 is 0 Å². The van der Waals surface area contributed by atoms with E-state index in [4.69, 9.17) is 14.0 Å². The molecule has 2 aromatic carbocycles. The molecule has 0 amide bonds. The van der Waals surface area contributed by atoms with E-state index in [0.717, 1.165) is 15.6 Å². The molecular formula is C18H15BrN2O3. The summed E-state index contributed by atoms with van der Waals surface area (Å²) in [6.07, 6.45) is 3.63. The maximum absolute atomic E-state index is 5.29. The van der Waals surface area contributed by atoms with Crippen LogP contribution in [0, 0.1) is 0 Å². The third kappa shape index (κ3) is 3.65. The molecule has 5 nitrogen and oxygen atoms in total. The zero-order valence-corrected chi connectivity index (χ0v) is 14.8. The van der Waals surface area contributed by atoms with E-state index in [1.165, 1.54) is 0 Å². The first-order valence-corrected chi connectivity index (χ1v) is 7.98. The molecule has 0 atom stereocenters. The van der Waals surface area contributed by atoms with Gasteiger partial charge < -0.3 is 14.0 Å². The predicted octanol–water partition coefficient (Wildman–Crippen LogP) is 4.69. The third-order valence-corrected chi connectivity index (χ3v) is 3.84. The van der Waals surface area contributed by atoms with Crippen LogP contribution in [0.1, 0.15) is 11.5 Å². The lowest BCUT2D eigenvalue weighted by atomic mass is 10.2. The molecular weight excluding hydrogens is 372 g/mol. The Morgan fingerprint density at radius 2 is 1.83 bits per heavy atom. The highest BCUT2D eigenvalue weighted by atomic mass is 79.9. The number of hydrogen-bond acceptors (Lipinski definition) is 5. The Bertz CT molecular complexity index is 874. The Balaban J connectivity index is 1.80. The van der Waals surface area contributed by atoms with Crippen molar-refractivity contribution in [1.29, 1.82) is 0 Å². The molecule has 0 saturated heterocycles. The zero-order valence-electron chi connectivity index (χ0n) is 13.2. The number of ether oxygens (including phenoxy) is 2. The number of aromatic nitrogens is 2. The fourth-order valence-electron chi connectivity index (χ4n) is 2.17. The van der Waals surface area contributed by atoms with Gasteiger partial charge in [0.15, 0.2) is 11.5 Å². The van der Waals surface area contributed by atoms with Crippen molar-refractivity contribution in [3.8, 4) is 22.9 Å². The summed E-state index contributed by atoms with van der Waals surface area (Å²) in [5.41, 5.74) is 1.83. The number of methoxy groups -OCH3 is 2. The molecule has 1 aromatic heterocycles. The lowest BCUT2D eigenvalue weighted by Crippen LogP contribution is -1.90. The Labute approximate surface area is 148 Å². The van der Waals surface area contributed by atoms with Crippen molar-refractivity contribution in [2.24, 2.45) is 0 Å². The zero-order chi connectivity index (χ0) is 16.9. The lowest BCUT2D eigenvalue weighted by Gasteiger charge is -2.07. The number of halogens is 1. The van der Waals surface area contributed by atoms with Crippen LogP contribution in [-0.4, -0.2) is 24.4 Å². The fourth-order valence-corrected chi connectivity index (χ4v) is 2.57. The van der Waals surface area contributed by atoms with E-state index in [0.29, 0.717) is 23.2 Å². The number of nitrogens with zero attached hydrogens (tertiary/aromatic N) is 2. The Morgan fingerprint density at radius 1 is 1.00 bits per heavy atom. The van der Waals surface area contributed by atoms with Crippen LogP contribution in [0.3, 0.4) is 0 Å². The Kier molecular flexibility index (Phi) is 4.96. The van der Waals surface area contributed by atoms with Crippen LogP contribution in [0.15, 0.2) is 51.5 Å². The minimum Gasteiger partial charge on any atom is -0.493 e. The normalized spacial score (nSPS) is 11.0. The summed E-state index contributed by atoms with van der Waals surface area (Å²) in [4.78, 5) is 4.37. The molecule has 3 rings (SSSR count). The summed E-state index contributed by atoms with van der Waals surface area (Å²) in [6.45, 7) is 0. The molecule has 24 heavy (non-hydrogen) atoms. The van der Waals surface area contributed by atoms with Crippen LogP contribution in [0.4, 0.5) is 0 Å². The average Bonchev–Trinajstić information content (AvgIpc) is 3.08. The van der Waals surface area contributed by atoms with Crippen LogP contribution in [0.5, 0.6) is 11.5 Å². The van der Waals surface area contributed by atoms with Crippen molar-refractivity contribution < 1.29 is 14.0 Å². The maximum Gasteiger partial charge on any atom is 0.250 e. The standard InChI is InChI=1S/C18H15BrN2O3/c1-22-15-8-6-12(10-16(15)23-2)7-9-17-20-18(21-24-17)13-4-3-5-14(19)11-13/h3-11H,1-2H3. The van der Waals surface area contributed by atoms with Gasteiger partial charge in [0, 0.05) is 16.1 Å². The van der Waals surface area contributed by atoms with Crippen molar-refractivity contribution in [2.45, 2.75) is 0 Å². The van der Waals surface area contributed by atoms with Gasteiger partial charge in [-0.3, -0.25) is 0 Å². The van der Waals surface area contributed by atoms with Gasteiger partial charge in [-0.15, -0.1) is 0 Å². The molecule has 0 unspecified atom stereocenters. The highest BCUT2D eigenvalue weighted by Crippen LogP contribution is 2.28. The van der Waals surface area contributed by atoms with E-state index in [1.807, 2.05) is 48.5 Å². The summed E-state index contributed by atoms with van der Waals surface area (Å²) in [5, 5.41) is 4.00. The summed E-state index contributed by atoms with van der Waals surface area (Å²) in [5.74, 6) is 2.33. The highest BCUT2D eigenvalue weighted by Gasteiger charge is 2.07. The van der Waals surface area contributed by atoms with E-state index in [-0.39, 0.29) is 0 Å². The Morgan fingerprint density at radius 3 is 2.58 bits per heavy atom. The van der Waals surface area contributed by atoms with E-state index in [2.05, 4.69) is 26.1 Å². The molecule has 0 saturated carbocycles. The molecule has 0 aliphatic carbocycles. The summed E-state index contributed by atoms with van der Waals surface area (Å²) in [7, 11) is 3.21. The van der Waals surface area contributed by atoms with Gasteiger partial charge in [-0.1, -0.05) is 39.3 Å². The fraction of sp³-hybridized carbons (Fsp3) is 0.111. The van der Waals surface area contributed by atoms with E-state index < -0.39 is 0 Å². The highest BCUT2D eigenvalue weighted by molar-refractivity contribution is 9.10. The molecule has 0 spiro atoms. The molecule has 6 heteroatoms. The molecule has 0 bridgehead atoms. The first-order chi connectivity index (χ1) is 11.7. The van der Waals surface area contributed by atoms with Gasteiger partial charge in [0.05, 0.1) is 14.2 Å². The molecule has 3 aromatic rings. The second kappa shape index (κ2) is 7.31. The summed E-state index contributed by atoms with van der Waals surface area (Å²) in [6, 6.07) is 13.4. The van der Waals surface area contributed by atoms with Gasteiger partial charge in [-0.05, 0) is 35.9 Å². The van der Waals surface area contributed by atoms with E-state index >= 15 is 0 Å². The largest absolute Gasteiger partial charge is 0.493 e. The SMILES string of the molecule is COc1ccc(C=Cc2nc(-c3cccc(Br)c3)no2)cc1OC. The molecule has 0 fully saturated rings. The molecule has 0 radical (unpaired) electrons. The van der Waals surface area contributed by atoms with Crippen molar-refractivity contribution >= 4 is 28.1 Å². The average molecular weight is 387 g/mol. The minimum absolute atomic E-state index is 0.430. The van der Waals surface area contributed by atoms with Crippen molar-refractivity contribution in [3.63, 3.8) is 0 Å². The van der Waals surface area contributed by atoms with Crippen molar-refractivity contribution in [1.82, 2.24) is 10.1 Å². The quantitative estimate of drug-likeness (QED) is 0.636. The Hall–Kier alpha value is -2.60.